The van der Waals surface area contributed by atoms with Gasteiger partial charge in [0.15, 0.2) is 0 Å². The first-order valence-electron chi connectivity index (χ1n) is 8.12. The summed E-state index contributed by atoms with van der Waals surface area (Å²) in [7, 11) is -3.18. The first-order chi connectivity index (χ1) is 11.5. The van der Waals surface area contributed by atoms with Gasteiger partial charge in [-0.25, -0.2) is 17.8 Å². The zero-order valence-electron chi connectivity index (χ0n) is 13.5. The first-order valence-corrected chi connectivity index (χ1v) is 9.67. The van der Waals surface area contributed by atoms with Gasteiger partial charge in [-0.2, -0.15) is 0 Å². The van der Waals surface area contributed by atoms with Crippen molar-refractivity contribution in [1.29, 1.82) is 0 Å². The Morgan fingerprint density at radius 2 is 2.21 bits per heavy atom. The summed E-state index contributed by atoms with van der Waals surface area (Å²) in [5.74, 6) is 0. The van der Waals surface area contributed by atoms with Crippen molar-refractivity contribution in [3.8, 4) is 11.3 Å². The molecule has 7 nitrogen and oxygen atoms in total. The number of nitrogens with one attached hydrogen (secondary N) is 1. The molecule has 0 spiro atoms. The van der Waals surface area contributed by atoms with Crippen LogP contribution in [0.5, 0.6) is 0 Å². The molecule has 2 aliphatic rings. The average molecular weight is 348 g/mol. The molecule has 1 unspecified atom stereocenters. The van der Waals surface area contributed by atoms with E-state index in [1.165, 1.54) is 5.56 Å². The second kappa shape index (κ2) is 5.94. The molecule has 0 saturated heterocycles. The molecule has 1 aliphatic carbocycles. The SMILES string of the molecule is Cc1cccc(-c2nnn3c2COC(CNS(=O)(=O)C2CC2)C3)c1. The van der Waals surface area contributed by atoms with Gasteiger partial charge in [-0.05, 0) is 25.8 Å². The van der Waals surface area contributed by atoms with E-state index in [1.807, 2.05) is 29.8 Å². The second-order valence-corrected chi connectivity index (χ2v) is 8.51. The minimum absolute atomic E-state index is 0.212. The lowest BCUT2D eigenvalue weighted by molar-refractivity contribution is 0.00431. The van der Waals surface area contributed by atoms with Crippen molar-refractivity contribution in [3.05, 3.63) is 35.5 Å². The number of hydrogen-bond acceptors (Lipinski definition) is 5. The van der Waals surface area contributed by atoms with Crippen LogP contribution in [0.1, 0.15) is 24.1 Å². The molecule has 1 aromatic heterocycles. The maximum Gasteiger partial charge on any atom is 0.214 e. The molecule has 1 atom stereocenters. The molecule has 0 bridgehead atoms. The Hall–Kier alpha value is -1.77. The summed E-state index contributed by atoms with van der Waals surface area (Å²) in [6.07, 6.45) is 1.29. The molecule has 0 amide bonds. The monoisotopic (exact) mass is 348 g/mol. The Balaban J connectivity index is 1.47. The predicted octanol–water partition coefficient (Wildman–Crippen LogP) is 1.23. The van der Waals surface area contributed by atoms with E-state index in [2.05, 4.69) is 21.1 Å². The molecule has 0 radical (unpaired) electrons. The molecule has 2 heterocycles. The lowest BCUT2D eigenvalue weighted by Gasteiger charge is -2.24. The summed E-state index contributed by atoms with van der Waals surface area (Å²) < 4.78 is 34.1. The first kappa shape index (κ1) is 15.7. The van der Waals surface area contributed by atoms with E-state index in [1.54, 1.807) is 0 Å². The van der Waals surface area contributed by atoms with Gasteiger partial charge in [-0.1, -0.05) is 29.0 Å². The molecular weight excluding hydrogens is 328 g/mol. The van der Waals surface area contributed by atoms with Crippen molar-refractivity contribution in [2.75, 3.05) is 6.54 Å². The number of aromatic nitrogens is 3. The zero-order chi connectivity index (χ0) is 16.7. The van der Waals surface area contributed by atoms with Crippen LogP contribution >= 0.6 is 0 Å². The highest BCUT2D eigenvalue weighted by Gasteiger charge is 2.36. The van der Waals surface area contributed by atoms with Crippen LogP contribution < -0.4 is 4.72 Å². The Kier molecular flexibility index (Phi) is 3.90. The highest BCUT2D eigenvalue weighted by atomic mass is 32.2. The molecule has 4 rings (SSSR count). The third-order valence-electron chi connectivity index (χ3n) is 4.44. The maximum atomic E-state index is 11.9. The quantitative estimate of drug-likeness (QED) is 0.878. The number of rotatable bonds is 5. The summed E-state index contributed by atoms with van der Waals surface area (Å²) in [5.41, 5.74) is 3.95. The van der Waals surface area contributed by atoms with Gasteiger partial charge in [0.05, 0.1) is 30.2 Å². The van der Waals surface area contributed by atoms with Crippen molar-refractivity contribution in [2.45, 2.75) is 44.3 Å². The van der Waals surface area contributed by atoms with Crippen molar-refractivity contribution in [2.24, 2.45) is 0 Å². The standard InChI is InChI=1S/C16H20N4O3S/c1-11-3-2-4-12(7-11)16-15-10-23-13(9-20(15)19-18-16)8-17-24(21,22)14-5-6-14/h2-4,7,13-14,17H,5-6,8-10H2,1H3. The largest absolute Gasteiger partial charge is 0.369 e. The molecule has 128 valence electrons. The molecule has 24 heavy (non-hydrogen) atoms. The van der Waals surface area contributed by atoms with Crippen molar-refractivity contribution < 1.29 is 13.2 Å². The Labute approximate surface area is 141 Å². The lowest BCUT2D eigenvalue weighted by Crippen LogP contribution is -2.40. The van der Waals surface area contributed by atoms with E-state index in [0.717, 1.165) is 29.8 Å². The van der Waals surface area contributed by atoms with Gasteiger partial charge in [0.25, 0.3) is 0 Å². The van der Waals surface area contributed by atoms with Crippen LogP contribution in [-0.2, 0) is 27.9 Å². The maximum absolute atomic E-state index is 11.9. The molecule has 2 aromatic rings. The van der Waals surface area contributed by atoms with Crippen molar-refractivity contribution >= 4 is 10.0 Å². The normalized spacial score (nSPS) is 20.8. The van der Waals surface area contributed by atoms with E-state index in [0.29, 0.717) is 13.2 Å². The van der Waals surface area contributed by atoms with Crippen LogP contribution in [0.2, 0.25) is 0 Å². The lowest BCUT2D eigenvalue weighted by atomic mass is 10.1. The highest BCUT2D eigenvalue weighted by Crippen LogP contribution is 2.28. The van der Waals surface area contributed by atoms with E-state index in [-0.39, 0.29) is 17.9 Å². The third kappa shape index (κ3) is 3.09. The Morgan fingerprint density at radius 3 is 2.96 bits per heavy atom. The smallest absolute Gasteiger partial charge is 0.214 e. The number of sulfonamides is 1. The predicted molar refractivity (Wildman–Crippen MR) is 88.7 cm³/mol. The average Bonchev–Trinajstić information content (AvgIpc) is 3.34. The molecule has 1 saturated carbocycles. The van der Waals surface area contributed by atoms with Crippen LogP contribution in [-0.4, -0.2) is 41.3 Å². The summed E-state index contributed by atoms with van der Waals surface area (Å²) in [5, 5.41) is 8.29. The minimum atomic E-state index is -3.18. The number of aryl methyl sites for hydroxylation is 1. The Bertz CT molecular complexity index is 858. The number of benzene rings is 1. The molecule has 1 fully saturated rings. The van der Waals surface area contributed by atoms with E-state index in [9.17, 15) is 8.42 Å². The van der Waals surface area contributed by atoms with Gasteiger partial charge in [0.1, 0.15) is 5.69 Å². The number of hydrogen-bond donors (Lipinski definition) is 1. The van der Waals surface area contributed by atoms with Crippen LogP contribution in [0, 0.1) is 6.92 Å². The fourth-order valence-electron chi connectivity index (χ4n) is 2.91. The number of nitrogens with zero attached hydrogens (tertiary/aromatic N) is 3. The van der Waals surface area contributed by atoms with Gasteiger partial charge >= 0.3 is 0 Å². The van der Waals surface area contributed by atoms with E-state index in [4.69, 9.17) is 4.74 Å². The Morgan fingerprint density at radius 1 is 1.38 bits per heavy atom. The molecular formula is C16H20N4O3S. The van der Waals surface area contributed by atoms with Crippen LogP contribution in [0.4, 0.5) is 0 Å². The summed E-state index contributed by atoms with van der Waals surface area (Å²) >= 11 is 0. The van der Waals surface area contributed by atoms with Gasteiger partial charge in [0.2, 0.25) is 10.0 Å². The van der Waals surface area contributed by atoms with Crippen LogP contribution in [0.15, 0.2) is 24.3 Å². The third-order valence-corrected chi connectivity index (χ3v) is 6.35. The highest BCUT2D eigenvalue weighted by molar-refractivity contribution is 7.90. The van der Waals surface area contributed by atoms with Crippen LogP contribution in [0.3, 0.4) is 0 Å². The van der Waals surface area contributed by atoms with Gasteiger partial charge in [-0.3, -0.25) is 0 Å². The topological polar surface area (TPSA) is 86.1 Å². The molecule has 1 aromatic carbocycles. The number of ether oxygens (including phenoxy) is 1. The fourth-order valence-corrected chi connectivity index (χ4v) is 4.32. The van der Waals surface area contributed by atoms with E-state index >= 15 is 0 Å². The van der Waals surface area contributed by atoms with Crippen molar-refractivity contribution in [1.82, 2.24) is 19.7 Å². The second-order valence-electron chi connectivity index (χ2n) is 6.46. The van der Waals surface area contributed by atoms with Gasteiger partial charge < -0.3 is 4.74 Å². The minimum Gasteiger partial charge on any atom is -0.369 e. The summed E-state index contributed by atoms with van der Waals surface area (Å²) in [4.78, 5) is 0. The van der Waals surface area contributed by atoms with Crippen LogP contribution in [0.25, 0.3) is 11.3 Å². The molecule has 1 N–H and O–H groups in total. The fraction of sp³-hybridized carbons (Fsp3) is 0.500. The van der Waals surface area contributed by atoms with E-state index < -0.39 is 10.0 Å². The zero-order valence-corrected chi connectivity index (χ0v) is 14.3. The summed E-state index contributed by atoms with van der Waals surface area (Å²) in [6.45, 7) is 3.20. The number of fused-ring (bicyclic) bond motifs is 1. The van der Waals surface area contributed by atoms with Gasteiger partial charge in [0, 0.05) is 12.1 Å². The summed E-state index contributed by atoms with van der Waals surface area (Å²) in [6, 6.07) is 8.11. The van der Waals surface area contributed by atoms with Gasteiger partial charge in [-0.15, -0.1) is 5.10 Å². The molecule has 1 aliphatic heterocycles. The van der Waals surface area contributed by atoms with Crippen molar-refractivity contribution in [3.63, 3.8) is 0 Å². The molecule has 8 heteroatoms.